The molecule has 0 radical (unpaired) electrons. The molecule has 0 aliphatic heterocycles. The Morgan fingerprint density at radius 2 is 2.19 bits per heavy atom. The number of alkyl halides is 4. The summed E-state index contributed by atoms with van der Waals surface area (Å²) in [5.41, 5.74) is 0.445. The largest absolute Gasteiger partial charge is 0.472 e. The quantitative estimate of drug-likeness (QED) is 0.754. The fourth-order valence-electron chi connectivity index (χ4n) is 1.08. The Morgan fingerprint density at radius 1 is 1.56 bits per heavy atom. The minimum atomic E-state index is -4.65. The maximum atomic E-state index is 12.7. The predicted octanol–water partition coefficient (Wildman–Crippen LogP) is 2.14. The van der Waals surface area contributed by atoms with Crippen LogP contribution in [0.1, 0.15) is 5.56 Å². The molecule has 90 valence electrons. The minimum Gasteiger partial charge on any atom is -0.472 e. The van der Waals surface area contributed by atoms with Gasteiger partial charge in [0.2, 0.25) is 0 Å². The average molecular weight is 239 g/mol. The van der Waals surface area contributed by atoms with E-state index in [9.17, 15) is 22.4 Å². The van der Waals surface area contributed by atoms with Gasteiger partial charge in [0.15, 0.2) is 0 Å². The number of carbonyl (C=O) groups excluding carboxylic acids is 1. The van der Waals surface area contributed by atoms with Crippen LogP contribution in [0.4, 0.5) is 17.6 Å². The topological polar surface area (TPSA) is 33.5 Å². The van der Waals surface area contributed by atoms with Gasteiger partial charge in [0.25, 0.3) is 5.91 Å². The van der Waals surface area contributed by atoms with Gasteiger partial charge in [-0.3, -0.25) is 4.79 Å². The normalized spacial score (nSPS) is 11.9. The first-order valence-electron chi connectivity index (χ1n) is 4.28. The molecule has 0 fully saturated rings. The lowest BCUT2D eigenvalue weighted by molar-refractivity contribution is -0.179. The van der Waals surface area contributed by atoms with Crippen molar-refractivity contribution in [2.75, 3.05) is 7.05 Å². The second kappa shape index (κ2) is 4.54. The van der Waals surface area contributed by atoms with E-state index in [2.05, 4.69) is 4.42 Å². The Hall–Kier alpha value is -1.53. The smallest absolute Gasteiger partial charge is 0.383 e. The fourth-order valence-corrected chi connectivity index (χ4v) is 1.08. The second-order valence-corrected chi connectivity index (χ2v) is 3.22. The third kappa shape index (κ3) is 2.53. The summed E-state index contributed by atoms with van der Waals surface area (Å²) in [6.45, 7) is -0.211. The minimum absolute atomic E-state index is 0.211. The number of hydrogen-bond donors (Lipinski definition) is 0. The van der Waals surface area contributed by atoms with Crippen LogP contribution in [-0.4, -0.2) is 30.2 Å². The van der Waals surface area contributed by atoms with Crippen molar-refractivity contribution in [1.29, 1.82) is 0 Å². The van der Waals surface area contributed by atoms with Crippen molar-refractivity contribution in [3.8, 4) is 0 Å². The van der Waals surface area contributed by atoms with Crippen LogP contribution in [0.3, 0.4) is 0 Å². The van der Waals surface area contributed by atoms with E-state index < -0.39 is 18.3 Å². The average Bonchev–Trinajstić information content (AvgIpc) is 2.68. The third-order valence-corrected chi connectivity index (χ3v) is 1.91. The molecule has 0 aliphatic rings. The highest BCUT2D eigenvalue weighted by Gasteiger charge is 2.50. The summed E-state index contributed by atoms with van der Waals surface area (Å²) >= 11 is 0. The number of hydrogen-bond acceptors (Lipinski definition) is 2. The van der Waals surface area contributed by atoms with Gasteiger partial charge in [0.1, 0.15) is 0 Å². The molecule has 0 spiro atoms. The highest BCUT2D eigenvalue weighted by atomic mass is 19.3. The molecule has 0 saturated heterocycles. The van der Waals surface area contributed by atoms with E-state index >= 15 is 0 Å². The molecule has 1 aromatic rings. The number of nitrogens with zero attached hydrogens (tertiary/aromatic N) is 1. The molecule has 3 nitrogen and oxygen atoms in total. The molecule has 1 aromatic heterocycles. The van der Waals surface area contributed by atoms with Gasteiger partial charge < -0.3 is 9.32 Å². The molecule has 0 unspecified atom stereocenters. The Bertz CT molecular complexity index is 350. The first-order chi connectivity index (χ1) is 7.35. The van der Waals surface area contributed by atoms with Gasteiger partial charge in [-0.25, -0.2) is 8.78 Å². The van der Waals surface area contributed by atoms with Crippen molar-refractivity contribution in [2.24, 2.45) is 0 Å². The van der Waals surface area contributed by atoms with E-state index in [1.54, 1.807) is 0 Å². The van der Waals surface area contributed by atoms with Crippen molar-refractivity contribution < 1.29 is 26.8 Å². The van der Waals surface area contributed by atoms with Crippen molar-refractivity contribution in [1.82, 2.24) is 4.90 Å². The summed E-state index contributed by atoms with van der Waals surface area (Å²) in [5, 5.41) is 0. The summed E-state index contributed by atoms with van der Waals surface area (Å²) in [6, 6.07) is 1.45. The molecule has 7 heteroatoms. The molecule has 0 bridgehead atoms. The molecule has 0 aromatic carbocycles. The molecule has 0 saturated carbocycles. The second-order valence-electron chi connectivity index (χ2n) is 3.22. The fraction of sp³-hybridized carbons (Fsp3) is 0.444. The molecular formula is C9H9F4NO2. The first-order valence-corrected chi connectivity index (χ1v) is 4.28. The van der Waals surface area contributed by atoms with Crippen LogP contribution in [0, 0.1) is 0 Å². The van der Waals surface area contributed by atoms with Gasteiger partial charge in [-0.1, -0.05) is 0 Å². The Morgan fingerprint density at radius 3 is 2.62 bits per heavy atom. The van der Waals surface area contributed by atoms with Crippen molar-refractivity contribution in [3.63, 3.8) is 0 Å². The summed E-state index contributed by atoms with van der Waals surface area (Å²) in [4.78, 5) is 11.5. The summed E-state index contributed by atoms with van der Waals surface area (Å²) in [7, 11) is 1.02. The molecule has 16 heavy (non-hydrogen) atoms. The maximum Gasteiger partial charge on any atom is 0.383 e. The molecule has 1 heterocycles. The molecule has 1 amide bonds. The molecular weight excluding hydrogens is 230 g/mol. The van der Waals surface area contributed by atoms with Gasteiger partial charge in [0, 0.05) is 19.2 Å². The summed E-state index contributed by atoms with van der Waals surface area (Å²) in [6.07, 6.45) is -1.48. The van der Waals surface area contributed by atoms with Crippen LogP contribution in [-0.2, 0) is 11.3 Å². The standard InChI is InChI=1S/C9H9F4NO2/c1-14(4-6-2-3-16-5-6)8(15)9(12,13)7(10)11/h2-3,5,7H,4H2,1H3. The zero-order valence-corrected chi connectivity index (χ0v) is 8.29. The van der Waals surface area contributed by atoms with E-state index in [0.717, 1.165) is 7.05 Å². The lowest BCUT2D eigenvalue weighted by atomic mass is 10.2. The van der Waals surface area contributed by atoms with E-state index in [0.29, 0.717) is 10.5 Å². The number of halogens is 4. The number of carbonyl (C=O) groups is 1. The molecule has 0 N–H and O–H groups in total. The number of furan rings is 1. The Kier molecular flexibility index (Phi) is 3.56. The zero-order chi connectivity index (χ0) is 12.3. The SMILES string of the molecule is CN(Cc1ccoc1)C(=O)C(F)(F)C(F)F. The van der Waals surface area contributed by atoms with E-state index in [4.69, 9.17) is 0 Å². The zero-order valence-electron chi connectivity index (χ0n) is 8.29. The van der Waals surface area contributed by atoms with Crippen LogP contribution in [0.5, 0.6) is 0 Å². The van der Waals surface area contributed by atoms with Crippen molar-refractivity contribution in [3.05, 3.63) is 24.2 Å². The van der Waals surface area contributed by atoms with Crippen molar-refractivity contribution in [2.45, 2.75) is 18.9 Å². The maximum absolute atomic E-state index is 12.7. The van der Waals surface area contributed by atoms with Crippen LogP contribution in [0.2, 0.25) is 0 Å². The summed E-state index contributed by atoms with van der Waals surface area (Å²) < 4.78 is 53.7. The highest BCUT2D eigenvalue weighted by Crippen LogP contribution is 2.25. The van der Waals surface area contributed by atoms with Gasteiger partial charge in [-0.2, -0.15) is 8.78 Å². The van der Waals surface area contributed by atoms with Crippen molar-refractivity contribution >= 4 is 5.91 Å². The monoisotopic (exact) mass is 239 g/mol. The number of amides is 1. The lowest BCUT2D eigenvalue weighted by Crippen LogP contribution is -2.45. The summed E-state index contributed by atoms with van der Waals surface area (Å²) in [5.74, 6) is -6.57. The van der Waals surface area contributed by atoms with E-state index in [1.165, 1.54) is 18.6 Å². The van der Waals surface area contributed by atoms with Crippen LogP contribution in [0.15, 0.2) is 23.0 Å². The van der Waals surface area contributed by atoms with Crippen LogP contribution >= 0.6 is 0 Å². The van der Waals surface area contributed by atoms with E-state index in [1.807, 2.05) is 0 Å². The first kappa shape index (κ1) is 12.5. The van der Waals surface area contributed by atoms with Gasteiger partial charge in [0.05, 0.1) is 12.5 Å². The Balaban J connectivity index is 2.68. The highest BCUT2D eigenvalue weighted by molar-refractivity contribution is 5.83. The molecule has 0 atom stereocenters. The lowest BCUT2D eigenvalue weighted by Gasteiger charge is -2.22. The molecule has 1 rings (SSSR count). The third-order valence-electron chi connectivity index (χ3n) is 1.91. The van der Waals surface area contributed by atoms with Gasteiger partial charge in [-0.05, 0) is 6.07 Å². The van der Waals surface area contributed by atoms with Gasteiger partial charge in [-0.15, -0.1) is 0 Å². The van der Waals surface area contributed by atoms with E-state index in [-0.39, 0.29) is 6.54 Å². The molecule has 0 aliphatic carbocycles. The Labute approximate surface area is 88.6 Å². The van der Waals surface area contributed by atoms with Crippen LogP contribution in [0.25, 0.3) is 0 Å². The predicted molar refractivity (Wildman–Crippen MR) is 46.1 cm³/mol. The number of rotatable bonds is 4. The van der Waals surface area contributed by atoms with Crippen LogP contribution < -0.4 is 0 Å². The van der Waals surface area contributed by atoms with Gasteiger partial charge >= 0.3 is 12.3 Å².